The van der Waals surface area contributed by atoms with E-state index in [0.29, 0.717) is 0 Å². The maximum absolute atomic E-state index is 6.15. The van der Waals surface area contributed by atoms with Crippen LogP contribution in [-0.2, 0) is 19.5 Å². The molecule has 0 spiro atoms. The number of hydrogen-bond donors (Lipinski definition) is 1. The molecule has 0 fully saturated rings. The third-order valence-electron chi connectivity index (χ3n) is 2.98. The molecule has 0 saturated heterocycles. The van der Waals surface area contributed by atoms with Crippen molar-refractivity contribution in [2.45, 2.75) is 26.4 Å². The van der Waals surface area contributed by atoms with Crippen molar-refractivity contribution in [1.82, 2.24) is 14.9 Å². The van der Waals surface area contributed by atoms with Crippen LogP contribution in [-0.4, -0.2) is 16.6 Å². The monoisotopic (exact) mass is 263 g/mol. The summed E-state index contributed by atoms with van der Waals surface area (Å²) in [5.41, 5.74) is 2.37. The Kier molecular flexibility index (Phi) is 4.39. The lowest BCUT2D eigenvalue weighted by Gasteiger charge is -2.08. The standard InChI is InChI=1S/C14H18ClN3/c1-3-18-7-6-17-14(18)9-11-4-5-13(15)12(8-11)10-16-2/h4-8,16H,3,9-10H2,1-2H3. The van der Waals surface area contributed by atoms with Crippen molar-refractivity contribution in [1.29, 1.82) is 0 Å². The maximum Gasteiger partial charge on any atom is 0.113 e. The molecule has 2 rings (SSSR count). The number of halogens is 1. The van der Waals surface area contributed by atoms with E-state index >= 15 is 0 Å². The van der Waals surface area contributed by atoms with Crippen LogP contribution >= 0.6 is 11.6 Å². The Hall–Kier alpha value is -1.32. The number of benzene rings is 1. The van der Waals surface area contributed by atoms with Gasteiger partial charge in [-0.2, -0.15) is 0 Å². The predicted molar refractivity (Wildman–Crippen MR) is 74.9 cm³/mol. The van der Waals surface area contributed by atoms with E-state index in [-0.39, 0.29) is 0 Å². The number of aromatic nitrogens is 2. The van der Waals surface area contributed by atoms with Crippen molar-refractivity contribution in [3.05, 3.63) is 52.6 Å². The van der Waals surface area contributed by atoms with Crippen LogP contribution in [0.4, 0.5) is 0 Å². The van der Waals surface area contributed by atoms with Crippen LogP contribution in [0.2, 0.25) is 5.02 Å². The van der Waals surface area contributed by atoms with Gasteiger partial charge in [0.05, 0.1) is 0 Å². The molecule has 0 radical (unpaired) electrons. The van der Waals surface area contributed by atoms with Crippen LogP contribution in [0.1, 0.15) is 23.9 Å². The van der Waals surface area contributed by atoms with Gasteiger partial charge in [0.25, 0.3) is 0 Å². The van der Waals surface area contributed by atoms with Gasteiger partial charge in [0.15, 0.2) is 0 Å². The Morgan fingerprint density at radius 2 is 2.22 bits per heavy atom. The number of imidazole rings is 1. The van der Waals surface area contributed by atoms with E-state index in [1.165, 1.54) is 5.56 Å². The first-order valence-electron chi connectivity index (χ1n) is 6.16. The summed E-state index contributed by atoms with van der Waals surface area (Å²) in [6.07, 6.45) is 4.71. The summed E-state index contributed by atoms with van der Waals surface area (Å²) in [6, 6.07) is 6.17. The summed E-state index contributed by atoms with van der Waals surface area (Å²) in [4.78, 5) is 4.39. The lowest BCUT2D eigenvalue weighted by molar-refractivity contribution is 0.712. The van der Waals surface area contributed by atoms with Gasteiger partial charge in [0, 0.05) is 36.9 Å². The van der Waals surface area contributed by atoms with Crippen molar-refractivity contribution in [2.75, 3.05) is 7.05 Å². The van der Waals surface area contributed by atoms with E-state index in [1.54, 1.807) is 0 Å². The molecule has 0 atom stereocenters. The predicted octanol–water partition coefficient (Wildman–Crippen LogP) is 2.87. The summed E-state index contributed by atoms with van der Waals surface area (Å²) in [6.45, 7) is 3.86. The largest absolute Gasteiger partial charge is 0.335 e. The molecule has 0 unspecified atom stereocenters. The van der Waals surface area contributed by atoms with Crippen LogP contribution < -0.4 is 5.32 Å². The minimum atomic E-state index is 0.787. The Labute approximate surface area is 113 Å². The van der Waals surface area contributed by atoms with Gasteiger partial charge in [0.2, 0.25) is 0 Å². The van der Waals surface area contributed by atoms with E-state index in [1.807, 2.05) is 25.5 Å². The zero-order valence-electron chi connectivity index (χ0n) is 10.8. The number of nitrogens with zero attached hydrogens (tertiary/aromatic N) is 2. The van der Waals surface area contributed by atoms with Crippen molar-refractivity contribution in [3.63, 3.8) is 0 Å². The first-order chi connectivity index (χ1) is 8.74. The van der Waals surface area contributed by atoms with Gasteiger partial charge in [-0.05, 0) is 31.2 Å². The summed E-state index contributed by atoms with van der Waals surface area (Å²) in [7, 11) is 1.92. The molecule has 3 nitrogen and oxygen atoms in total. The van der Waals surface area contributed by atoms with E-state index in [4.69, 9.17) is 11.6 Å². The molecule has 0 aliphatic carbocycles. The topological polar surface area (TPSA) is 29.9 Å². The first kappa shape index (κ1) is 13.1. The molecule has 1 heterocycles. The summed E-state index contributed by atoms with van der Waals surface area (Å²) in [5, 5.41) is 3.94. The molecule has 4 heteroatoms. The number of nitrogens with one attached hydrogen (secondary N) is 1. The van der Waals surface area contributed by atoms with Crippen molar-refractivity contribution >= 4 is 11.6 Å². The lowest BCUT2D eigenvalue weighted by atomic mass is 10.1. The Morgan fingerprint density at radius 1 is 1.39 bits per heavy atom. The second kappa shape index (κ2) is 6.03. The van der Waals surface area contributed by atoms with Gasteiger partial charge in [0.1, 0.15) is 5.82 Å². The Balaban J connectivity index is 2.21. The lowest BCUT2D eigenvalue weighted by Crippen LogP contribution is -2.07. The molecule has 1 aromatic heterocycles. The second-order valence-electron chi connectivity index (χ2n) is 4.26. The third kappa shape index (κ3) is 2.92. The smallest absolute Gasteiger partial charge is 0.113 e. The van der Waals surface area contributed by atoms with Crippen molar-refractivity contribution in [2.24, 2.45) is 0 Å². The quantitative estimate of drug-likeness (QED) is 0.899. The van der Waals surface area contributed by atoms with Crippen molar-refractivity contribution < 1.29 is 0 Å². The van der Waals surface area contributed by atoms with Gasteiger partial charge in [-0.15, -0.1) is 0 Å². The molecule has 1 aromatic carbocycles. The molecule has 0 bridgehead atoms. The van der Waals surface area contributed by atoms with Crippen LogP contribution in [0.15, 0.2) is 30.6 Å². The van der Waals surface area contributed by atoms with Crippen molar-refractivity contribution in [3.8, 4) is 0 Å². The van der Waals surface area contributed by atoms with Gasteiger partial charge in [-0.1, -0.05) is 23.7 Å². The zero-order chi connectivity index (χ0) is 13.0. The fourth-order valence-electron chi connectivity index (χ4n) is 2.04. The normalized spacial score (nSPS) is 10.8. The van der Waals surface area contributed by atoms with Gasteiger partial charge in [-0.25, -0.2) is 4.98 Å². The SMILES string of the molecule is CCn1ccnc1Cc1ccc(Cl)c(CNC)c1. The third-order valence-corrected chi connectivity index (χ3v) is 3.35. The fraction of sp³-hybridized carbons (Fsp3) is 0.357. The van der Waals surface area contributed by atoms with Gasteiger partial charge >= 0.3 is 0 Å². The molecule has 2 aromatic rings. The van der Waals surface area contributed by atoms with Crippen LogP contribution in [0.25, 0.3) is 0 Å². The molecule has 0 aliphatic heterocycles. The van der Waals surface area contributed by atoms with Crippen LogP contribution in [0.3, 0.4) is 0 Å². The average molecular weight is 264 g/mol. The van der Waals surface area contributed by atoms with Gasteiger partial charge in [-0.3, -0.25) is 0 Å². The molecular formula is C14H18ClN3. The fourth-order valence-corrected chi connectivity index (χ4v) is 2.23. The molecule has 1 N–H and O–H groups in total. The first-order valence-corrected chi connectivity index (χ1v) is 6.54. The Morgan fingerprint density at radius 3 is 2.94 bits per heavy atom. The molecule has 96 valence electrons. The molecule has 18 heavy (non-hydrogen) atoms. The van der Waals surface area contributed by atoms with E-state index < -0.39 is 0 Å². The molecule has 0 amide bonds. The molecular weight excluding hydrogens is 246 g/mol. The highest BCUT2D eigenvalue weighted by Crippen LogP contribution is 2.19. The molecule has 0 saturated carbocycles. The van der Waals surface area contributed by atoms with E-state index in [9.17, 15) is 0 Å². The number of rotatable bonds is 5. The van der Waals surface area contributed by atoms with E-state index in [0.717, 1.165) is 35.9 Å². The zero-order valence-corrected chi connectivity index (χ0v) is 11.5. The number of hydrogen-bond acceptors (Lipinski definition) is 2. The summed E-state index contributed by atoms with van der Waals surface area (Å²) < 4.78 is 2.16. The second-order valence-corrected chi connectivity index (χ2v) is 4.67. The maximum atomic E-state index is 6.15. The highest BCUT2D eigenvalue weighted by molar-refractivity contribution is 6.31. The average Bonchev–Trinajstić information content (AvgIpc) is 2.81. The Bertz CT molecular complexity index is 520. The van der Waals surface area contributed by atoms with Crippen LogP contribution in [0.5, 0.6) is 0 Å². The summed E-state index contributed by atoms with van der Waals surface area (Å²) in [5.74, 6) is 1.09. The summed E-state index contributed by atoms with van der Waals surface area (Å²) >= 11 is 6.15. The highest BCUT2D eigenvalue weighted by Gasteiger charge is 2.05. The minimum Gasteiger partial charge on any atom is -0.335 e. The molecule has 0 aliphatic rings. The number of aryl methyl sites for hydroxylation is 1. The highest BCUT2D eigenvalue weighted by atomic mass is 35.5. The minimum absolute atomic E-state index is 0.787. The van der Waals surface area contributed by atoms with E-state index in [2.05, 4.69) is 33.9 Å². The van der Waals surface area contributed by atoms with Gasteiger partial charge < -0.3 is 9.88 Å². The van der Waals surface area contributed by atoms with Crippen LogP contribution in [0, 0.1) is 0 Å².